The van der Waals surface area contributed by atoms with E-state index in [2.05, 4.69) is 13.2 Å². The molecular formula is C16H25NO2. The van der Waals surface area contributed by atoms with Crippen molar-refractivity contribution in [2.24, 2.45) is 0 Å². The van der Waals surface area contributed by atoms with Crippen molar-refractivity contribution in [2.45, 2.75) is 56.6 Å². The first-order valence-corrected chi connectivity index (χ1v) is 7.38. The lowest BCUT2D eigenvalue weighted by atomic mass is 9.87. The molecule has 2 aliphatic rings. The Morgan fingerprint density at radius 1 is 1.26 bits per heavy atom. The number of ether oxygens (including phenoxy) is 1. The maximum atomic E-state index is 12.7. The van der Waals surface area contributed by atoms with Crippen LogP contribution in [0, 0.1) is 0 Å². The van der Waals surface area contributed by atoms with Crippen molar-refractivity contribution in [3.8, 4) is 0 Å². The van der Waals surface area contributed by atoms with Gasteiger partial charge in [-0.25, -0.2) is 0 Å². The average molecular weight is 263 g/mol. The minimum absolute atomic E-state index is 0.0958. The maximum absolute atomic E-state index is 12.7. The molecule has 3 nitrogen and oxygen atoms in total. The smallest absolute Gasteiger partial charge is 0.252 e. The molecule has 0 bridgehead atoms. The van der Waals surface area contributed by atoms with E-state index in [-0.39, 0.29) is 17.6 Å². The molecule has 19 heavy (non-hydrogen) atoms. The van der Waals surface area contributed by atoms with Crippen molar-refractivity contribution in [1.82, 2.24) is 4.90 Å². The summed E-state index contributed by atoms with van der Waals surface area (Å²) in [7, 11) is 0. The van der Waals surface area contributed by atoms with Crippen molar-refractivity contribution < 1.29 is 9.53 Å². The number of hydrogen-bond donors (Lipinski definition) is 0. The largest absolute Gasteiger partial charge is 0.368 e. The Balaban J connectivity index is 2.12. The first kappa shape index (κ1) is 14.3. The molecule has 0 unspecified atom stereocenters. The fraction of sp³-hybridized carbons (Fsp3) is 0.688. The van der Waals surface area contributed by atoms with E-state index in [9.17, 15) is 4.79 Å². The molecule has 2 saturated heterocycles. The summed E-state index contributed by atoms with van der Waals surface area (Å²) in [6.45, 7) is 9.28. The van der Waals surface area contributed by atoms with Crippen LogP contribution in [0.3, 0.4) is 0 Å². The third-order valence-corrected chi connectivity index (χ3v) is 4.37. The van der Waals surface area contributed by atoms with E-state index in [0.29, 0.717) is 0 Å². The molecule has 2 rings (SSSR count). The number of rotatable bonds is 5. The van der Waals surface area contributed by atoms with E-state index < -0.39 is 0 Å². The maximum Gasteiger partial charge on any atom is 0.252 e. The van der Waals surface area contributed by atoms with Crippen LogP contribution in [0.5, 0.6) is 0 Å². The molecule has 0 saturated carbocycles. The number of amides is 1. The Kier molecular flexibility index (Phi) is 4.81. The van der Waals surface area contributed by atoms with Crippen LogP contribution >= 0.6 is 0 Å². The summed E-state index contributed by atoms with van der Waals surface area (Å²) in [5, 5.41) is 0. The molecule has 106 valence electrons. The molecule has 0 aromatic carbocycles. The summed E-state index contributed by atoms with van der Waals surface area (Å²) >= 11 is 0. The number of hydrogen-bond acceptors (Lipinski definition) is 2. The van der Waals surface area contributed by atoms with Gasteiger partial charge in [0.15, 0.2) is 0 Å². The van der Waals surface area contributed by atoms with Crippen molar-refractivity contribution >= 4 is 5.91 Å². The van der Waals surface area contributed by atoms with Crippen LogP contribution in [0.2, 0.25) is 0 Å². The van der Waals surface area contributed by atoms with Crippen molar-refractivity contribution in [3.05, 3.63) is 25.3 Å². The Hall–Kier alpha value is -1.09. The minimum atomic E-state index is -0.221. The molecule has 2 aliphatic heterocycles. The number of carbonyl (C=O) groups excluding carboxylic acids is 1. The molecule has 2 heterocycles. The molecule has 0 aromatic heterocycles. The standard InChI is InChI=1S/C16H25NO2/c1-3-9-16(10-4-2)11-7-12-17(16)15(18)14-8-5-6-13-19-14/h3-4,14H,1-2,5-13H2/t14-/m1/s1. The molecule has 2 fully saturated rings. The van der Waals surface area contributed by atoms with E-state index in [1.165, 1.54) is 0 Å². The highest BCUT2D eigenvalue weighted by atomic mass is 16.5. The highest BCUT2D eigenvalue weighted by Gasteiger charge is 2.43. The predicted octanol–water partition coefficient (Wildman–Crippen LogP) is 3.07. The van der Waals surface area contributed by atoms with Gasteiger partial charge in [0.05, 0.1) is 0 Å². The zero-order chi connectivity index (χ0) is 13.7. The second-order valence-corrected chi connectivity index (χ2v) is 5.66. The summed E-state index contributed by atoms with van der Waals surface area (Å²) in [6, 6.07) is 0. The number of likely N-dealkylation sites (tertiary alicyclic amines) is 1. The molecule has 0 aromatic rings. The number of nitrogens with zero attached hydrogens (tertiary/aromatic N) is 1. The topological polar surface area (TPSA) is 29.5 Å². The van der Waals surface area contributed by atoms with Crippen molar-refractivity contribution in [2.75, 3.05) is 13.2 Å². The first-order valence-electron chi connectivity index (χ1n) is 7.38. The minimum Gasteiger partial charge on any atom is -0.368 e. The highest BCUT2D eigenvalue weighted by molar-refractivity contribution is 5.82. The van der Waals surface area contributed by atoms with Crippen LogP contribution in [0.15, 0.2) is 25.3 Å². The van der Waals surface area contributed by atoms with Gasteiger partial charge in [-0.05, 0) is 44.9 Å². The van der Waals surface area contributed by atoms with Gasteiger partial charge in [0.25, 0.3) is 5.91 Å². The third-order valence-electron chi connectivity index (χ3n) is 4.37. The Morgan fingerprint density at radius 3 is 2.58 bits per heavy atom. The highest BCUT2D eigenvalue weighted by Crippen LogP contribution is 2.37. The van der Waals surface area contributed by atoms with E-state index in [4.69, 9.17) is 4.74 Å². The molecular weight excluding hydrogens is 238 g/mol. The van der Waals surface area contributed by atoms with Gasteiger partial charge in [-0.15, -0.1) is 13.2 Å². The van der Waals surface area contributed by atoms with E-state index in [1.54, 1.807) is 0 Å². The fourth-order valence-electron chi connectivity index (χ4n) is 3.44. The van der Waals surface area contributed by atoms with Crippen molar-refractivity contribution in [1.29, 1.82) is 0 Å². The molecule has 0 N–H and O–H groups in total. The zero-order valence-corrected chi connectivity index (χ0v) is 11.8. The molecule has 0 spiro atoms. The summed E-state index contributed by atoms with van der Waals surface area (Å²) in [6.07, 6.45) is 10.5. The average Bonchev–Trinajstić information content (AvgIpc) is 2.83. The normalized spacial score (nSPS) is 26.1. The first-order chi connectivity index (χ1) is 9.23. The van der Waals surface area contributed by atoms with Crippen molar-refractivity contribution in [3.63, 3.8) is 0 Å². The van der Waals surface area contributed by atoms with Crippen LogP contribution in [0.25, 0.3) is 0 Å². The van der Waals surface area contributed by atoms with Gasteiger partial charge in [0.2, 0.25) is 0 Å². The van der Waals surface area contributed by atoms with E-state index in [0.717, 1.165) is 58.1 Å². The Morgan fingerprint density at radius 2 is 2.00 bits per heavy atom. The Labute approximate surface area is 116 Å². The van der Waals surface area contributed by atoms with Gasteiger partial charge in [0, 0.05) is 18.7 Å². The van der Waals surface area contributed by atoms with Gasteiger partial charge in [-0.2, -0.15) is 0 Å². The van der Waals surface area contributed by atoms with E-state index >= 15 is 0 Å². The van der Waals surface area contributed by atoms with Crippen LogP contribution in [-0.4, -0.2) is 35.6 Å². The van der Waals surface area contributed by atoms with Crippen LogP contribution in [0.1, 0.15) is 44.9 Å². The second-order valence-electron chi connectivity index (χ2n) is 5.66. The van der Waals surface area contributed by atoms with Gasteiger partial charge < -0.3 is 9.64 Å². The lowest BCUT2D eigenvalue weighted by Gasteiger charge is -2.40. The summed E-state index contributed by atoms with van der Waals surface area (Å²) < 4.78 is 5.66. The third kappa shape index (κ3) is 2.92. The zero-order valence-electron chi connectivity index (χ0n) is 11.8. The molecule has 1 amide bonds. The SMILES string of the molecule is C=CCC1(CC=C)CCCN1C(=O)[C@H]1CCCCO1. The van der Waals surface area contributed by atoms with Gasteiger partial charge in [-0.1, -0.05) is 12.2 Å². The van der Waals surface area contributed by atoms with Crippen LogP contribution < -0.4 is 0 Å². The molecule has 0 aliphatic carbocycles. The monoisotopic (exact) mass is 263 g/mol. The van der Waals surface area contributed by atoms with Gasteiger partial charge in [-0.3, -0.25) is 4.79 Å². The van der Waals surface area contributed by atoms with Crippen LogP contribution in [-0.2, 0) is 9.53 Å². The lowest BCUT2D eigenvalue weighted by Crippen LogP contribution is -2.51. The Bertz CT molecular complexity index is 335. The number of carbonyl (C=O) groups is 1. The summed E-state index contributed by atoms with van der Waals surface area (Å²) in [5.74, 6) is 0.181. The second kappa shape index (κ2) is 6.38. The molecule has 0 radical (unpaired) electrons. The summed E-state index contributed by atoms with van der Waals surface area (Å²) in [5.41, 5.74) is -0.0958. The van der Waals surface area contributed by atoms with Gasteiger partial charge in [0.1, 0.15) is 6.10 Å². The molecule has 3 heteroatoms. The lowest BCUT2D eigenvalue weighted by molar-refractivity contribution is -0.150. The van der Waals surface area contributed by atoms with Crippen LogP contribution in [0.4, 0.5) is 0 Å². The summed E-state index contributed by atoms with van der Waals surface area (Å²) in [4.78, 5) is 14.7. The molecule has 1 atom stereocenters. The van der Waals surface area contributed by atoms with E-state index in [1.807, 2.05) is 17.1 Å². The fourth-order valence-corrected chi connectivity index (χ4v) is 3.44. The predicted molar refractivity (Wildman–Crippen MR) is 76.9 cm³/mol. The van der Waals surface area contributed by atoms with Gasteiger partial charge >= 0.3 is 0 Å². The quantitative estimate of drug-likeness (QED) is 0.713.